The highest BCUT2D eigenvalue weighted by molar-refractivity contribution is 6.30. The number of halogens is 2. The van der Waals surface area contributed by atoms with E-state index in [-0.39, 0.29) is 11.1 Å². The first-order chi connectivity index (χ1) is 9.65. The Morgan fingerprint density at radius 2 is 1.95 bits per heavy atom. The summed E-state index contributed by atoms with van der Waals surface area (Å²) in [6, 6.07) is 12.5. The molecule has 0 amide bonds. The first-order valence-corrected chi connectivity index (χ1v) is 6.85. The molecule has 0 fully saturated rings. The third-order valence-corrected chi connectivity index (χ3v) is 3.40. The molecule has 2 rings (SSSR count). The molecule has 0 saturated carbocycles. The van der Waals surface area contributed by atoms with Crippen molar-refractivity contribution in [2.24, 2.45) is 0 Å². The van der Waals surface area contributed by atoms with Crippen molar-refractivity contribution < 1.29 is 9.13 Å². The van der Waals surface area contributed by atoms with E-state index in [1.165, 1.54) is 6.07 Å². The monoisotopic (exact) mass is 293 g/mol. The highest BCUT2D eigenvalue weighted by Gasteiger charge is 2.15. The van der Waals surface area contributed by atoms with Crippen molar-refractivity contribution in [2.45, 2.75) is 13.0 Å². The molecule has 0 bridgehead atoms. The SMILES string of the molecule is CCNC(c1cccc(OC)c1)c1ccc(F)c(Cl)c1. The fourth-order valence-electron chi connectivity index (χ4n) is 2.15. The second-order valence-corrected chi connectivity index (χ2v) is 4.85. The molecule has 2 nitrogen and oxygen atoms in total. The molecule has 1 unspecified atom stereocenters. The molecule has 106 valence electrons. The van der Waals surface area contributed by atoms with Gasteiger partial charge in [0.25, 0.3) is 0 Å². The zero-order valence-electron chi connectivity index (χ0n) is 11.5. The number of hydrogen-bond acceptors (Lipinski definition) is 2. The van der Waals surface area contributed by atoms with Crippen molar-refractivity contribution in [3.05, 3.63) is 64.4 Å². The zero-order valence-corrected chi connectivity index (χ0v) is 12.2. The molecule has 1 N–H and O–H groups in total. The third kappa shape index (κ3) is 3.30. The number of ether oxygens (including phenoxy) is 1. The lowest BCUT2D eigenvalue weighted by atomic mass is 9.98. The Kier molecular flexibility index (Phi) is 4.99. The van der Waals surface area contributed by atoms with Crippen LogP contribution in [0.5, 0.6) is 5.75 Å². The Labute approximate surface area is 123 Å². The van der Waals surface area contributed by atoms with Gasteiger partial charge in [0.15, 0.2) is 0 Å². The number of nitrogens with one attached hydrogen (secondary N) is 1. The number of benzene rings is 2. The Bertz CT molecular complexity index is 588. The van der Waals surface area contributed by atoms with E-state index in [0.717, 1.165) is 23.4 Å². The van der Waals surface area contributed by atoms with Crippen LogP contribution < -0.4 is 10.1 Å². The van der Waals surface area contributed by atoms with Gasteiger partial charge in [0, 0.05) is 0 Å². The van der Waals surface area contributed by atoms with Crippen molar-refractivity contribution in [3.8, 4) is 5.75 Å². The lowest BCUT2D eigenvalue weighted by Gasteiger charge is -2.20. The van der Waals surface area contributed by atoms with Gasteiger partial charge in [-0.3, -0.25) is 0 Å². The molecule has 0 radical (unpaired) electrons. The molecule has 4 heteroatoms. The maximum absolute atomic E-state index is 13.3. The van der Waals surface area contributed by atoms with E-state index < -0.39 is 5.82 Å². The topological polar surface area (TPSA) is 21.3 Å². The summed E-state index contributed by atoms with van der Waals surface area (Å²) in [4.78, 5) is 0. The summed E-state index contributed by atoms with van der Waals surface area (Å²) < 4.78 is 18.5. The molecule has 0 saturated heterocycles. The van der Waals surface area contributed by atoms with E-state index >= 15 is 0 Å². The highest BCUT2D eigenvalue weighted by atomic mass is 35.5. The van der Waals surface area contributed by atoms with Crippen LogP contribution >= 0.6 is 11.6 Å². The van der Waals surface area contributed by atoms with Crippen molar-refractivity contribution >= 4 is 11.6 Å². The van der Waals surface area contributed by atoms with E-state index in [2.05, 4.69) is 5.32 Å². The van der Waals surface area contributed by atoms with Gasteiger partial charge in [-0.25, -0.2) is 4.39 Å². The van der Waals surface area contributed by atoms with Crippen molar-refractivity contribution in [1.29, 1.82) is 0 Å². The van der Waals surface area contributed by atoms with Crippen LogP contribution in [0, 0.1) is 5.82 Å². The largest absolute Gasteiger partial charge is 0.497 e. The molecule has 0 aliphatic heterocycles. The fourth-order valence-corrected chi connectivity index (χ4v) is 2.33. The minimum absolute atomic E-state index is 0.0480. The summed E-state index contributed by atoms with van der Waals surface area (Å²) in [5, 5.41) is 3.51. The van der Waals surface area contributed by atoms with Crippen LogP contribution in [0.15, 0.2) is 42.5 Å². The summed E-state index contributed by atoms with van der Waals surface area (Å²) in [6.45, 7) is 2.81. The first kappa shape index (κ1) is 14.8. The van der Waals surface area contributed by atoms with Gasteiger partial charge in [0.2, 0.25) is 0 Å². The minimum atomic E-state index is -0.406. The number of methoxy groups -OCH3 is 1. The summed E-state index contributed by atoms with van der Waals surface area (Å²) in [6.07, 6.45) is 0. The van der Waals surface area contributed by atoms with Crippen LogP contribution in [-0.4, -0.2) is 13.7 Å². The smallest absolute Gasteiger partial charge is 0.141 e. The van der Waals surface area contributed by atoms with Gasteiger partial charge in [0.1, 0.15) is 11.6 Å². The molecule has 2 aromatic carbocycles. The third-order valence-electron chi connectivity index (χ3n) is 3.11. The molecule has 20 heavy (non-hydrogen) atoms. The average Bonchev–Trinajstić information content (AvgIpc) is 2.48. The predicted molar refractivity (Wildman–Crippen MR) is 79.9 cm³/mol. The Morgan fingerprint density at radius 3 is 2.60 bits per heavy atom. The summed E-state index contributed by atoms with van der Waals surface area (Å²) in [5.74, 6) is 0.384. The fraction of sp³-hybridized carbons (Fsp3) is 0.250. The molecule has 0 aromatic heterocycles. The van der Waals surface area contributed by atoms with Crippen LogP contribution in [0.2, 0.25) is 5.02 Å². The quantitative estimate of drug-likeness (QED) is 0.892. The summed E-state index contributed by atoms with van der Waals surface area (Å²) in [7, 11) is 1.64. The maximum Gasteiger partial charge on any atom is 0.141 e. The van der Waals surface area contributed by atoms with Crippen LogP contribution in [-0.2, 0) is 0 Å². The van der Waals surface area contributed by atoms with E-state index in [4.69, 9.17) is 16.3 Å². The standard InChI is InChI=1S/C16H17ClFNO/c1-3-19-16(11-5-4-6-13(9-11)20-2)12-7-8-15(18)14(17)10-12/h4-10,16,19H,3H2,1-2H3. The van der Waals surface area contributed by atoms with Gasteiger partial charge < -0.3 is 10.1 Å². The summed E-state index contributed by atoms with van der Waals surface area (Å²) >= 11 is 5.88. The van der Waals surface area contributed by atoms with Gasteiger partial charge in [-0.2, -0.15) is 0 Å². The van der Waals surface area contributed by atoms with Crippen LogP contribution in [0.1, 0.15) is 24.1 Å². The van der Waals surface area contributed by atoms with Crippen molar-refractivity contribution in [3.63, 3.8) is 0 Å². The van der Waals surface area contributed by atoms with Crippen molar-refractivity contribution in [2.75, 3.05) is 13.7 Å². The molecule has 2 aromatic rings. The van der Waals surface area contributed by atoms with Crippen LogP contribution in [0.4, 0.5) is 4.39 Å². The maximum atomic E-state index is 13.3. The first-order valence-electron chi connectivity index (χ1n) is 6.48. The van der Waals surface area contributed by atoms with Gasteiger partial charge in [-0.1, -0.05) is 36.7 Å². The van der Waals surface area contributed by atoms with Crippen LogP contribution in [0.25, 0.3) is 0 Å². The molecular formula is C16H17ClFNO. The van der Waals surface area contributed by atoms with Gasteiger partial charge in [0.05, 0.1) is 18.2 Å². The van der Waals surface area contributed by atoms with E-state index in [1.54, 1.807) is 19.2 Å². The molecule has 0 spiro atoms. The lowest BCUT2D eigenvalue weighted by Crippen LogP contribution is -2.22. The Balaban J connectivity index is 2.41. The molecule has 0 aliphatic rings. The average molecular weight is 294 g/mol. The van der Waals surface area contributed by atoms with E-state index in [9.17, 15) is 4.39 Å². The number of rotatable bonds is 5. The second-order valence-electron chi connectivity index (χ2n) is 4.44. The number of hydrogen-bond donors (Lipinski definition) is 1. The Hall–Kier alpha value is -1.58. The molecule has 1 atom stereocenters. The normalized spacial score (nSPS) is 12.2. The van der Waals surface area contributed by atoms with E-state index in [1.807, 2.05) is 31.2 Å². The zero-order chi connectivity index (χ0) is 14.5. The minimum Gasteiger partial charge on any atom is -0.497 e. The van der Waals surface area contributed by atoms with Crippen LogP contribution in [0.3, 0.4) is 0 Å². The predicted octanol–water partition coefficient (Wildman–Crippen LogP) is 4.19. The van der Waals surface area contributed by atoms with Crippen molar-refractivity contribution in [1.82, 2.24) is 5.32 Å². The second kappa shape index (κ2) is 6.73. The van der Waals surface area contributed by atoms with Gasteiger partial charge >= 0.3 is 0 Å². The lowest BCUT2D eigenvalue weighted by molar-refractivity contribution is 0.413. The Morgan fingerprint density at radius 1 is 1.20 bits per heavy atom. The summed E-state index contributed by atoms with van der Waals surface area (Å²) in [5.41, 5.74) is 1.97. The molecule has 0 aliphatic carbocycles. The van der Waals surface area contributed by atoms with Gasteiger partial charge in [-0.15, -0.1) is 0 Å². The highest BCUT2D eigenvalue weighted by Crippen LogP contribution is 2.27. The van der Waals surface area contributed by atoms with E-state index in [0.29, 0.717) is 0 Å². The molecular weight excluding hydrogens is 277 g/mol. The van der Waals surface area contributed by atoms with Gasteiger partial charge in [-0.05, 0) is 41.9 Å². The molecule has 0 heterocycles.